The number of benzene rings is 1. The van der Waals surface area contributed by atoms with Crippen LogP contribution >= 0.6 is 0 Å². The summed E-state index contributed by atoms with van der Waals surface area (Å²) in [5.41, 5.74) is 1.39. The summed E-state index contributed by atoms with van der Waals surface area (Å²) in [6, 6.07) is 7.14. The average molecular weight is 317 g/mol. The van der Waals surface area contributed by atoms with Gasteiger partial charge in [-0.05, 0) is 64.0 Å². The molecule has 1 aromatic carbocycles. The summed E-state index contributed by atoms with van der Waals surface area (Å²) >= 11 is 0. The van der Waals surface area contributed by atoms with Crippen molar-refractivity contribution in [2.45, 2.75) is 33.1 Å². The Bertz CT molecular complexity index is 518. The van der Waals surface area contributed by atoms with E-state index in [4.69, 9.17) is 0 Å². The molecule has 0 aliphatic carbocycles. The van der Waals surface area contributed by atoms with Crippen molar-refractivity contribution in [3.05, 3.63) is 29.8 Å². The fourth-order valence-corrected chi connectivity index (χ4v) is 2.91. The molecule has 2 rings (SSSR count). The van der Waals surface area contributed by atoms with E-state index in [-0.39, 0.29) is 11.8 Å². The van der Waals surface area contributed by atoms with Crippen molar-refractivity contribution >= 4 is 17.5 Å². The number of nitrogens with one attached hydrogen (secondary N) is 1. The third-order valence-corrected chi connectivity index (χ3v) is 4.28. The van der Waals surface area contributed by atoms with Gasteiger partial charge in [-0.25, -0.2) is 0 Å². The van der Waals surface area contributed by atoms with Crippen molar-refractivity contribution < 1.29 is 9.59 Å². The van der Waals surface area contributed by atoms with Crippen LogP contribution < -0.4 is 5.32 Å². The minimum absolute atomic E-state index is 0.00900. The second-order valence-corrected chi connectivity index (χ2v) is 5.94. The minimum atomic E-state index is 0.00900. The van der Waals surface area contributed by atoms with Crippen LogP contribution in [-0.4, -0.2) is 54.3 Å². The van der Waals surface area contributed by atoms with Crippen molar-refractivity contribution in [3.8, 4) is 0 Å². The number of hydrogen-bond acceptors (Lipinski definition) is 3. The third-order valence-electron chi connectivity index (χ3n) is 4.28. The molecule has 1 N–H and O–H groups in total. The Morgan fingerprint density at radius 2 is 1.65 bits per heavy atom. The molecule has 0 aromatic heterocycles. The second kappa shape index (κ2) is 8.67. The van der Waals surface area contributed by atoms with Crippen LogP contribution in [0, 0.1) is 0 Å². The molecular formula is C18H27N3O2. The van der Waals surface area contributed by atoms with Gasteiger partial charge in [0.2, 0.25) is 5.91 Å². The van der Waals surface area contributed by atoms with Gasteiger partial charge in [0, 0.05) is 24.3 Å². The molecule has 1 heterocycles. The fraction of sp³-hybridized carbons (Fsp3) is 0.556. The first kappa shape index (κ1) is 17.5. The van der Waals surface area contributed by atoms with Gasteiger partial charge in [0.05, 0.1) is 6.54 Å². The molecule has 1 saturated heterocycles. The maximum atomic E-state index is 12.2. The van der Waals surface area contributed by atoms with E-state index in [1.807, 2.05) is 13.8 Å². The lowest BCUT2D eigenvalue weighted by Crippen LogP contribution is -2.36. The van der Waals surface area contributed by atoms with E-state index in [9.17, 15) is 9.59 Å². The summed E-state index contributed by atoms with van der Waals surface area (Å²) in [5, 5.41) is 2.91. The lowest BCUT2D eigenvalue weighted by Gasteiger charge is -2.25. The summed E-state index contributed by atoms with van der Waals surface area (Å²) in [6.07, 6.45) is 3.62. The zero-order valence-electron chi connectivity index (χ0n) is 14.2. The van der Waals surface area contributed by atoms with Gasteiger partial charge in [0.15, 0.2) is 0 Å². The Hall–Kier alpha value is -1.88. The summed E-state index contributed by atoms with van der Waals surface area (Å²) in [6.45, 7) is 7.79. The van der Waals surface area contributed by atoms with Crippen molar-refractivity contribution in [3.63, 3.8) is 0 Å². The van der Waals surface area contributed by atoms with Crippen LogP contribution in [0.4, 0.5) is 5.69 Å². The van der Waals surface area contributed by atoms with Gasteiger partial charge in [0.1, 0.15) is 0 Å². The number of carbonyl (C=O) groups excluding carboxylic acids is 2. The van der Waals surface area contributed by atoms with Gasteiger partial charge in [-0.2, -0.15) is 0 Å². The van der Waals surface area contributed by atoms with E-state index in [0.717, 1.165) is 18.8 Å². The molecular weight excluding hydrogens is 290 g/mol. The standard InChI is InChI=1S/C18H27N3O2/c1-3-21(4-2)18(23)15-8-10-16(11-9-15)19-17(22)14-20-12-6-5-7-13-20/h8-11H,3-7,12-14H2,1-2H3,(H,19,22). The quantitative estimate of drug-likeness (QED) is 0.877. The highest BCUT2D eigenvalue weighted by atomic mass is 16.2. The monoisotopic (exact) mass is 317 g/mol. The summed E-state index contributed by atoms with van der Waals surface area (Å²) in [5.74, 6) is 0.0379. The van der Waals surface area contributed by atoms with Crippen molar-refractivity contribution in [2.24, 2.45) is 0 Å². The molecule has 0 atom stereocenters. The smallest absolute Gasteiger partial charge is 0.253 e. The normalized spacial score (nSPS) is 15.2. The van der Waals surface area contributed by atoms with Gasteiger partial charge >= 0.3 is 0 Å². The lowest BCUT2D eigenvalue weighted by atomic mass is 10.1. The second-order valence-electron chi connectivity index (χ2n) is 5.94. The lowest BCUT2D eigenvalue weighted by molar-refractivity contribution is -0.117. The molecule has 23 heavy (non-hydrogen) atoms. The first-order chi connectivity index (χ1) is 11.1. The summed E-state index contributed by atoms with van der Waals surface area (Å²) in [4.78, 5) is 28.3. The van der Waals surface area contributed by atoms with Crippen LogP contribution in [0.15, 0.2) is 24.3 Å². The Balaban J connectivity index is 1.89. The molecule has 0 saturated carbocycles. The van der Waals surface area contributed by atoms with Gasteiger partial charge in [0.25, 0.3) is 5.91 Å². The van der Waals surface area contributed by atoms with E-state index in [0.29, 0.717) is 25.2 Å². The molecule has 0 bridgehead atoms. The number of rotatable bonds is 6. The molecule has 1 aliphatic rings. The molecule has 126 valence electrons. The van der Waals surface area contributed by atoms with Crippen LogP contribution in [0.2, 0.25) is 0 Å². The van der Waals surface area contributed by atoms with E-state index >= 15 is 0 Å². The topological polar surface area (TPSA) is 52.7 Å². The highest BCUT2D eigenvalue weighted by molar-refractivity contribution is 5.96. The average Bonchev–Trinajstić information content (AvgIpc) is 2.57. The zero-order valence-corrected chi connectivity index (χ0v) is 14.2. The summed E-state index contributed by atoms with van der Waals surface area (Å²) < 4.78 is 0. The molecule has 5 nitrogen and oxygen atoms in total. The first-order valence-corrected chi connectivity index (χ1v) is 8.55. The molecule has 1 aliphatic heterocycles. The number of nitrogens with zero attached hydrogens (tertiary/aromatic N) is 2. The molecule has 1 fully saturated rings. The molecule has 0 unspecified atom stereocenters. The van der Waals surface area contributed by atoms with Crippen LogP contribution in [0.1, 0.15) is 43.5 Å². The maximum Gasteiger partial charge on any atom is 0.253 e. The first-order valence-electron chi connectivity index (χ1n) is 8.55. The SMILES string of the molecule is CCN(CC)C(=O)c1ccc(NC(=O)CN2CCCCC2)cc1. The van der Waals surface area contributed by atoms with Gasteiger partial charge < -0.3 is 10.2 Å². The van der Waals surface area contributed by atoms with Crippen LogP contribution in [0.25, 0.3) is 0 Å². The Labute approximate surface area is 138 Å². The number of amides is 2. The molecule has 1 aromatic rings. The number of piperidine rings is 1. The van der Waals surface area contributed by atoms with E-state index in [1.54, 1.807) is 29.2 Å². The Morgan fingerprint density at radius 3 is 2.22 bits per heavy atom. The number of hydrogen-bond donors (Lipinski definition) is 1. The highest BCUT2D eigenvalue weighted by Gasteiger charge is 2.15. The third kappa shape index (κ3) is 5.06. The van der Waals surface area contributed by atoms with E-state index in [2.05, 4.69) is 10.2 Å². The van der Waals surface area contributed by atoms with Crippen LogP contribution in [0.5, 0.6) is 0 Å². The largest absolute Gasteiger partial charge is 0.339 e. The molecule has 2 amide bonds. The van der Waals surface area contributed by atoms with Crippen molar-refractivity contribution in [1.29, 1.82) is 0 Å². The summed E-state index contributed by atoms with van der Waals surface area (Å²) in [7, 11) is 0. The molecule has 0 spiro atoms. The number of carbonyl (C=O) groups is 2. The Kier molecular flexibility index (Phi) is 6.59. The number of likely N-dealkylation sites (tertiary alicyclic amines) is 1. The van der Waals surface area contributed by atoms with Crippen LogP contribution in [0.3, 0.4) is 0 Å². The fourth-order valence-electron chi connectivity index (χ4n) is 2.91. The zero-order chi connectivity index (χ0) is 16.7. The minimum Gasteiger partial charge on any atom is -0.339 e. The predicted molar refractivity (Wildman–Crippen MR) is 92.6 cm³/mol. The van der Waals surface area contributed by atoms with E-state index < -0.39 is 0 Å². The highest BCUT2D eigenvalue weighted by Crippen LogP contribution is 2.13. The van der Waals surface area contributed by atoms with Crippen molar-refractivity contribution in [1.82, 2.24) is 9.80 Å². The predicted octanol–water partition coefficient (Wildman–Crippen LogP) is 2.59. The van der Waals surface area contributed by atoms with E-state index in [1.165, 1.54) is 19.3 Å². The van der Waals surface area contributed by atoms with Gasteiger partial charge in [-0.1, -0.05) is 6.42 Å². The van der Waals surface area contributed by atoms with Gasteiger partial charge in [-0.3, -0.25) is 14.5 Å². The van der Waals surface area contributed by atoms with Crippen LogP contribution in [-0.2, 0) is 4.79 Å². The van der Waals surface area contributed by atoms with Gasteiger partial charge in [-0.15, -0.1) is 0 Å². The Morgan fingerprint density at radius 1 is 1.04 bits per heavy atom. The molecule has 0 radical (unpaired) electrons. The molecule has 5 heteroatoms. The number of anilines is 1. The van der Waals surface area contributed by atoms with Crippen molar-refractivity contribution in [2.75, 3.05) is 38.0 Å². The maximum absolute atomic E-state index is 12.2.